The highest BCUT2D eigenvalue weighted by Gasteiger charge is 2.18. The van der Waals surface area contributed by atoms with Crippen molar-refractivity contribution >= 4 is 5.97 Å². The minimum Gasteiger partial charge on any atom is -0.457 e. The summed E-state index contributed by atoms with van der Waals surface area (Å²) in [6, 6.07) is 20.9. The van der Waals surface area contributed by atoms with Gasteiger partial charge in [0.2, 0.25) is 6.79 Å². The smallest absolute Gasteiger partial charge is 0.333 e. The predicted octanol–water partition coefficient (Wildman–Crippen LogP) is 6.52. The molecule has 3 aromatic rings. The Kier molecular flexibility index (Phi) is 6.36. The molecular weight excluding hydrogens is 379 g/mol. The molecule has 30 heavy (non-hydrogen) atoms. The first-order valence-corrected chi connectivity index (χ1v) is 9.71. The van der Waals surface area contributed by atoms with Gasteiger partial charge >= 0.3 is 5.97 Å². The van der Waals surface area contributed by atoms with Gasteiger partial charge in [0.1, 0.15) is 11.6 Å². The van der Waals surface area contributed by atoms with Crippen LogP contribution in [0.15, 0.2) is 79.4 Å². The van der Waals surface area contributed by atoms with Crippen molar-refractivity contribution in [2.45, 2.75) is 26.2 Å². The van der Waals surface area contributed by atoms with E-state index in [4.69, 9.17) is 9.47 Å². The third-order valence-electron chi connectivity index (χ3n) is 4.78. The lowest BCUT2D eigenvalue weighted by Gasteiger charge is -2.20. The van der Waals surface area contributed by atoms with Crippen LogP contribution in [-0.4, -0.2) is 12.8 Å². The van der Waals surface area contributed by atoms with Crippen molar-refractivity contribution in [2.24, 2.45) is 0 Å². The molecule has 154 valence electrons. The highest BCUT2D eigenvalue weighted by Crippen LogP contribution is 2.30. The van der Waals surface area contributed by atoms with Gasteiger partial charge in [-0.1, -0.05) is 75.9 Å². The zero-order valence-electron chi connectivity index (χ0n) is 17.4. The Morgan fingerprint density at radius 1 is 0.900 bits per heavy atom. The molecule has 0 heterocycles. The third-order valence-corrected chi connectivity index (χ3v) is 4.78. The van der Waals surface area contributed by atoms with E-state index in [2.05, 4.69) is 6.58 Å². The molecule has 0 bridgehead atoms. The van der Waals surface area contributed by atoms with Crippen molar-refractivity contribution in [3.8, 4) is 28.0 Å². The summed E-state index contributed by atoms with van der Waals surface area (Å²) in [5, 5.41) is 0. The number of hydrogen-bond acceptors (Lipinski definition) is 3. The number of hydrogen-bond donors (Lipinski definition) is 0. The molecule has 3 aromatic carbocycles. The normalized spacial score (nSPS) is 11.1. The minimum atomic E-state index is -0.528. The Labute approximate surface area is 176 Å². The number of carbonyl (C=O) groups excluding carboxylic acids is 1. The average Bonchev–Trinajstić information content (AvgIpc) is 2.73. The van der Waals surface area contributed by atoms with Gasteiger partial charge in [-0.2, -0.15) is 0 Å². The van der Waals surface area contributed by atoms with Crippen molar-refractivity contribution in [3.05, 3.63) is 90.8 Å². The van der Waals surface area contributed by atoms with Gasteiger partial charge in [-0.05, 0) is 51.4 Å². The lowest BCUT2D eigenvalue weighted by molar-refractivity contribution is -0.144. The Balaban J connectivity index is 1.70. The molecule has 0 atom stereocenters. The summed E-state index contributed by atoms with van der Waals surface area (Å²) in [4.78, 5) is 11.0. The molecule has 3 rings (SSSR count). The highest BCUT2D eigenvalue weighted by molar-refractivity contribution is 5.81. The van der Waals surface area contributed by atoms with Crippen molar-refractivity contribution < 1.29 is 18.7 Å². The van der Waals surface area contributed by atoms with Crippen LogP contribution < -0.4 is 4.74 Å². The fraction of sp³-hybridized carbons (Fsp3) is 0.192. The molecule has 0 aliphatic rings. The first-order valence-electron chi connectivity index (χ1n) is 9.71. The number of esters is 1. The minimum absolute atomic E-state index is 0.163. The molecule has 0 aliphatic heterocycles. The van der Waals surface area contributed by atoms with Gasteiger partial charge < -0.3 is 9.47 Å². The van der Waals surface area contributed by atoms with Gasteiger partial charge in [-0.25, -0.2) is 9.18 Å². The van der Waals surface area contributed by atoms with Crippen LogP contribution in [0.4, 0.5) is 4.39 Å². The molecule has 0 unspecified atom stereocenters. The van der Waals surface area contributed by atoms with Gasteiger partial charge in [0.05, 0.1) is 0 Å². The fourth-order valence-electron chi connectivity index (χ4n) is 3.12. The van der Waals surface area contributed by atoms with E-state index in [-0.39, 0.29) is 18.0 Å². The standard InChI is InChI=1S/C26H25FO3/c1-5-25(28)30-17-29-22-13-10-19(11-14-22)18-6-8-20(9-7-18)21-12-15-23(24(27)16-21)26(2,3)4/h5-16H,1,17H2,2-4H3. The Morgan fingerprint density at radius 2 is 1.40 bits per heavy atom. The van der Waals surface area contributed by atoms with E-state index in [0.717, 1.165) is 28.3 Å². The molecule has 4 heteroatoms. The molecule has 0 radical (unpaired) electrons. The second kappa shape index (κ2) is 8.95. The van der Waals surface area contributed by atoms with Crippen LogP contribution in [0.1, 0.15) is 26.3 Å². The molecule has 0 N–H and O–H groups in total. The second-order valence-corrected chi connectivity index (χ2v) is 7.98. The first-order chi connectivity index (χ1) is 14.3. The van der Waals surface area contributed by atoms with Crippen LogP contribution >= 0.6 is 0 Å². The summed E-state index contributed by atoms with van der Waals surface area (Å²) in [6.07, 6.45) is 1.09. The van der Waals surface area contributed by atoms with Crippen molar-refractivity contribution in [1.29, 1.82) is 0 Å². The monoisotopic (exact) mass is 404 g/mol. The van der Waals surface area contributed by atoms with Gasteiger partial charge in [0.15, 0.2) is 0 Å². The summed E-state index contributed by atoms with van der Waals surface area (Å²) >= 11 is 0. The van der Waals surface area contributed by atoms with Crippen molar-refractivity contribution in [2.75, 3.05) is 6.79 Å². The lowest BCUT2D eigenvalue weighted by Crippen LogP contribution is -2.13. The molecule has 0 spiro atoms. The van der Waals surface area contributed by atoms with Gasteiger partial charge in [0.25, 0.3) is 0 Å². The predicted molar refractivity (Wildman–Crippen MR) is 118 cm³/mol. The van der Waals surface area contributed by atoms with E-state index in [0.29, 0.717) is 11.3 Å². The zero-order valence-corrected chi connectivity index (χ0v) is 17.4. The maximum Gasteiger partial charge on any atom is 0.333 e. The number of carbonyl (C=O) groups is 1. The van der Waals surface area contributed by atoms with Gasteiger partial charge in [0, 0.05) is 6.08 Å². The number of rotatable bonds is 6. The van der Waals surface area contributed by atoms with Crippen LogP contribution in [-0.2, 0) is 14.9 Å². The molecule has 0 saturated heterocycles. The Hall–Kier alpha value is -3.40. The lowest BCUT2D eigenvalue weighted by atomic mass is 9.85. The van der Waals surface area contributed by atoms with E-state index < -0.39 is 5.97 Å². The van der Waals surface area contributed by atoms with Gasteiger partial charge in [-0.15, -0.1) is 0 Å². The fourth-order valence-corrected chi connectivity index (χ4v) is 3.12. The Morgan fingerprint density at radius 3 is 1.90 bits per heavy atom. The number of ether oxygens (including phenoxy) is 2. The van der Waals surface area contributed by atoms with Crippen LogP contribution in [0.3, 0.4) is 0 Å². The average molecular weight is 404 g/mol. The van der Waals surface area contributed by atoms with Gasteiger partial charge in [-0.3, -0.25) is 0 Å². The van der Waals surface area contributed by atoms with Crippen molar-refractivity contribution in [1.82, 2.24) is 0 Å². The second-order valence-electron chi connectivity index (χ2n) is 7.98. The summed E-state index contributed by atoms with van der Waals surface area (Å²) < 4.78 is 24.7. The van der Waals surface area contributed by atoms with E-state index in [1.165, 1.54) is 0 Å². The van der Waals surface area contributed by atoms with E-state index >= 15 is 0 Å². The van der Waals surface area contributed by atoms with Crippen LogP contribution in [0.5, 0.6) is 5.75 Å². The number of halogens is 1. The maximum atomic E-state index is 14.5. The topological polar surface area (TPSA) is 35.5 Å². The SMILES string of the molecule is C=CC(=O)OCOc1ccc(-c2ccc(-c3ccc(C(C)(C)C)c(F)c3)cc2)cc1. The molecule has 0 fully saturated rings. The van der Waals surface area contributed by atoms with Crippen molar-refractivity contribution in [3.63, 3.8) is 0 Å². The zero-order chi connectivity index (χ0) is 21.7. The van der Waals surface area contributed by atoms with Crippen LogP contribution in [0.25, 0.3) is 22.3 Å². The summed E-state index contributed by atoms with van der Waals surface area (Å²) in [5.74, 6) is -0.111. The van der Waals surface area contributed by atoms with E-state index in [1.54, 1.807) is 6.07 Å². The third kappa shape index (κ3) is 5.15. The highest BCUT2D eigenvalue weighted by atomic mass is 19.1. The van der Waals surface area contributed by atoms with E-state index in [1.807, 2.05) is 81.4 Å². The maximum absolute atomic E-state index is 14.5. The number of benzene rings is 3. The molecular formula is C26H25FO3. The molecule has 3 nitrogen and oxygen atoms in total. The molecule has 0 aromatic heterocycles. The Bertz CT molecular complexity index is 1030. The molecule has 0 aliphatic carbocycles. The molecule has 0 amide bonds. The summed E-state index contributed by atoms with van der Waals surface area (Å²) in [7, 11) is 0. The van der Waals surface area contributed by atoms with E-state index in [9.17, 15) is 9.18 Å². The first kappa shape index (κ1) is 21.3. The largest absolute Gasteiger partial charge is 0.457 e. The van der Waals surface area contributed by atoms with Crippen LogP contribution in [0.2, 0.25) is 0 Å². The molecule has 0 saturated carbocycles. The summed E-state index contributed by atoms with van der Waals surface area (Å²) in [6.45, 7) is 9.17. The van der Waals surface area contributed by atoms with Crippen LogP contribution in [0, 0.1) is 5.82 Å². The summed E-state index contributed by atoms with van der Waals surface area (Å²) in [5.41, 5.74) is 4.35. The quantitative estimate of drug-likeness (QED) is 0.266.